The van der Waals surface area contributed by atoms with Crippen LogP contribution in [0.4, 0.5) is 11.4 Å². The van der Waals surface area contributed by atoms with E-state index in [-0.39, 0.29) is 5.69 Å². The molecule has 1 heterocycles. The maximum atomic E-state index is 11.4. The van der Waals surface area contributed by atoms with E-state index in [1.807, 2.05) is 0 Å². The van der Waals surface area contributed by atoms with Gasteiger partial charge in [0.05, 0.1) is 4.92 Å². The Kier molecular flexibility index (Phi) is 2.94. The van der Waals surface area contributed by atoms with E-state index in [0.29, 0.717) is 18.7 Å². The number of hydrogen-bond acceptors (Lipinski definition) is 4. The third-order valence-electron chi connectivity index (χ3n) is 3.45. The van der Waals surface area contributed by atoms with E-state index in [9.17, 15) is 20.0 Å². The van der Waals surface area contributed by atoms with Gasteiger partial charge in [0.2, 0.25) is 0 Å². The molecule has 1 aromatic rings. The molecule has 6 nitrogen and oxygen atoms in total. The van der Waals surface area contributed by atoms with Crippen molar-refractivity contribution in [1.29, 1.82) is 0 Å². The van der Waals surface area contributed by atoms with Crippen LogP contribution in [0.25, 0.3) is 0 Å². The van der Waals surface area contributed by atoms with Crippen LogP contribution in [0.2, 0.25) is 0 Å². The molecule has 0 saturated carbocycles. The van der Waals surface area contributed by atoms with Crippen molar-refractivity contribution in [2.24, 2.45) is 0 Å². The van der Waals surface area contributed by atoms with Crippen molar-refractivity contribution >= 4 is 17.3 Å². The van der Waals surface area contributed by atoms with Crippen molar-refractivity contribution in [1.82, 2.24) is 0 Å². The Balaban J connectivity index is 2.39. The Morgan fingerprint density at radius 2 is 2.28 bits per heavy atom. The Hall–Kier alpha value is -2.11. The van der Waals surface area contributed by atoms with Crippen molar-refractivity contribution in [2.75, 3.05) is 11.4 Å². The number of carboxylic acid groups (broad SMARTS) is 1. The molecule has 1 aliphatic heterocycles. The SMILES string of the molecule is CC1(C(=O)O)CCCN1c1cccc([N+](=O)[O-])c1. The maximum absolute atomic E-state index is 11.4. The number of anilines is 1. The summed E-state index contributed by atoms with van der Waals surface area (Å²) in [4.78, 5) is 23.3. The number of rotatable bonds is 3. The monoisotopic (exact) mass is 250 g/mol. The Labute approximate surface area is 104 Å². The van der Waals surface area contributed by atoms with Crippen molar-refractivity contribution in [3.05, 3.63) is 34.4 Å². The summed E-state index contributed by atoms with van der Waals surface area (Å²) in [5.41, 5.74) is -0.409. The second kappa shape index (κ2) is 4.29. The van der Waals surface area contributed by atoms with Gasteiger partial charge < -0.3 is 10.0 Å². The molecule has 18 heavy (non-hydrogen) atoms. The van der Waals surface area contributed by atoms with E-state index < -0.39 is 16.4 Å². The highest BCUT2D eigenvalue weighted by Gasteiger charge is 2.43. The van der Waals surface area contributed by atoms with E-state index in [4.69, 9.17) is 0 Å². The Bertz CT molecular complexity index is 503. The van der Waals surface area contributed by atoms with E-state index in [1.165, 1.54) is 12.1 Å². The molecular formula is C12H14N2O4. The average molecular weight is 250 g/mol. The molecule has 1 saturated heterocycles. The molecule has 6 heteroatoms. The molecule has 0 amide bonds. The summed E-state index contributed by atoms with van der Waals surface area (Å²) in [6.07, 6.45) is 1.32. The van der Waals surface area contributed by atoms with Crippen molar-refractivity contribution in [2.45, 2.75) is 25.3 Å². The summed E-state index contributed by atoms with van der Waals surface area (Å²) in [6, 6.07) is 6.11. The largest absolute Gasteiger partial charge is 0.480 e. The van der Waals surface area contributed by atoms with Crippen LogP contribution in [0.3, 0.4) is 0 Å². The van der Waals surface area contributed by atoms with Crippen LogP contribution in [0.15, 0.2) is 24.3 Å². The van der Waals surface area contributed by atoms with Gasteiger partial charge in [-0.25, -0.2) is 4.79 Å². The van der Waals surface area contributed by atoms with Gasteiger partial charge >= 0.3 is 5.97 Å². The van der Waals surface area contributed by atoms with E-state index >= 15 is 0 Å². The molecule has 1 unspecified atom stereocenters. The number of aliphatic carboxylic acids is 1. The van der Waals surface area contributed by atoms with Crippen LogP contribution in [-0.4, -0.2) is 28.1 Å². The molecule has 96 valence electrons. The fourth-order valence-corrected chi connectivity index (χ4v) is 2.37. The number of benzene rings is 1. The number of nitro benzene ring substituents is 1. The standard InChI is InChI=1S/C12H14N2O4/c1-12(11(15)16)6-3-7-13(12)9-4-2-5-10(8-9)14(17)18/h2,4-5,8H,3,6-7H2,1H3,(H,15,16). The normalized spacial score (nSPS) is 23.1. The minimum absolute atomic E-state index is 0.0212. The Morgan fingerprint density at radius 1 is 1.56 bits per heavy atom. The molecule has 1 fully saturated rings. The summed E-state index contributed by atoms with van der Waals surface area (Å²) in [5.74, 6) is -0.897. The van der Waals surface area contributed by atoms with Gasteiger partial charge in [-0.15, -0.1) is 0 Å². The average Bonchev–Trinajstić information content (AvgIpc) is 2.73. The molecular weight excluding hydrogens is 236 g/mol. The molecule has 1 aromatic carbocycles. The number of hydrogen-bond donors (Lipinski definition) is 1. The van der Waals surface area contributed by atoms with E-state index in [0.717, 1.165) is 6.42 Å². The minimum atomic E-state index is -0.977. The van der Waals surface area contributed by atoms with Crippen molar-refractivity contribution in [3.8, 4) is 0 Å². The van der Waals surface area contributed by atoms with Crippen LogP contribution in [0.5, 0.6) is 0 Å². The molecule has 0 bridgehead atoms. The highest BCUT2D eigenvalue weighted by atomic mass is 16.6. The predicted molar refractivity (Wildman–Crippen MR) is 65.7 cm³/mol. The zero-order valence-electron chi connectivity index (χ0n) is 10.00. The van der Waals surface area contributed by atoms with Gasteiger partial charge in [0, 0.05) is 24.4 Å². The summed E-state index contributed by atoms with van der Waals surface area (Å²) in [5, 5.41) is 20.0. The third-order valence-corrected chi connectivity index (χ3v) is 3.45. The van der Waals surface area contributed by atoms with Gasteiger partial charge in [-0.05, 0) is 25.8 Å². The van der Waals surface area contributed by atoms with Crippen molar-refractivity contribution in [3.63, 3.8) is 0 Å². The highest BCUT2D eigenvalue weighted by Crippen LogP contribution is 2.35. The molecule has 1 atom stereocenters. The number of nitrogens with zero attached hydrogens (tertiary/aromatic N) is 2. The number of non-ortho nitro benzene ring substituents is 1. The van der Waals surface area contributed by atoms with Gasteiger partial charge in [0.1, 0.15) is 5.54 Å². The van der Waals surface area contributed by atoms with Gasteiger partial charge in [-0.3, -0.25) is 10.1 Å². The minimum Gasteiger partial charge on any atom is -0.480 e. The predicted octanol–water partition coefficient (Wildman–Crippen LogP) is 2.04. The molecule has 1 aliphatic rings. The van der Waals surface area contributed by atoms with Crippen LogP contribution in [0.1, 0.15) is 19.8 Å². The first-order chi connectivity index (χ1) is 8.45. The first-order valence-electron chi connectivity index (χ1n) is 5.70. The molecule has 0 aromatic heterocycles. The fourth-order valence-electron chi connectivity index (χ4n) is 2.37. The second-order valence-electron chi connectivity index (χ2n) is 4.61. The molecule has 2 rings (SSSR count). The van der Waals surface area contributed by atoms with Crippen LogP contribution in [0, 0.1) is 10.1 Å². The molecule has 0 radical (unpaired) electrons. The second-order valence-corrected chi connectivity index (χ2v) is 4.61. The van der Waals surface area contributed by atoms with Gasteiger partial charge in [0.15, 0.2) is 0 Å². The lowest BCUT2D eigenvalue weighted by atomic mass is 9.99. The van der Waals surface area contributed by atoms with Gasteiger partial charge in [-0.2, -0.15) is 0 Å². The maximum Gasteiger partial charge on any atom is 0.329 e. The van der Waals surface area contributed by atoms with E-state index in [1.54, 1.807) is 24.0 Å². The number of carboxylic acids is 1. The van der Waals surface area contributed by atoms with Crippen LogP contribution in [-0.2, 0) is 4.79 Å². The molecule has 0 aliphatic carbocycles. The summed E-state index contributed by atoms with van der Waals surface area (Å²) >= 11 is 0. The van der Waals surface area contributed by atoms with Crippen LogP contribution < -0.4 is 4.90 Å². The molecule has 1 N–H and O–H groups in total. The quantitative estimate of drug-likeness (QED) is 0.655. The Morgan fingerprint density at radius 3 is 2.89 bits per heavy atom. The van der Waals surface area contributed by atoms with Crippen molar-refractivity contribution < 1.29 is 14.8 Å². The third kappa shape index (κ3) is 1.90. The first-order valence-corrected chi connectivity index (χ1v) is 5.70. The highest BCUT2D eigenvalue weighted by molar-refractivity contribution is 5.84. The van der Waals surface area contributed by atoms with E-state index in [2.05, 4.69) is 0 Å². The lowest BCUT2D eigenvalue weighted by Gasteiger charge is -2.32. The molecule has 0 spiro atoms. The van der Waals surface area contributed by atoms with Crippen LogP contribution >= 0.6 is 0 Å². The lowest BCUT2D eigenvalue weighted by Crippen LogP contribution is -2.48. The smallest absolute Gasteiger partial charge is 0.329 e. The first kappa shape index (κ1) is 12.3. The summed E-state index contributed by atoms with van der Waals surface area (Å²) < 4.78 is 0. The fraction of sp³-hybridized carbons (Fsp3) is 0.417. The number of nitro groups is 1. The van der Waals surface area contributed by atoms with Gasteiger partial charge in [0.25, 0.3) is 5.69 Å². The zero-order valence-corrected chi connectivity index (χ0v) is 10.00. The number of carbonyl (C=O) groups is 1. The zero-order chi connectivity index (χ0) is 13.3. The summed E-state index contributed by atoms with van der Waals surface area (Å²) in [6.45, 7) is 2.26. The topological polar surface area (TPSA) is 83.7 Å². The summed E-state index contributed by atoms with van der Waals surface area (Å²) in [7, 11) is 0. The lowest BCUT2D eigenvalue weighted by molar-refractivity contribution is -0.384. The van der Waals surface area contributed by atoms with Gasteiger partial charge in [-0.1, -0.05) is 6.07 Å².